The highest BCUT2D eigenvalue weighted by molar-refractivity contribution is 5.24. The molecule has 2 aliphatic carbocycles. The summed E-state index contributed by atoms with van der Waals surface area (Å²) in [5.74, 6) is 2.05. The molecule has 2 aliphatic rings. The van der Waals surface area contributed by atoms with E-state index < -0.39 is 0 Å². The molecule has 0 amide bonds. The molecule has 118 valence electrons. The van der Waals surface area contributed by atoms with Gasteiger partial charge in [0.2, 0.25) is 0 Å². The van der Waals surface area contributed by atoms with E-state index in [2.05, 4.69) is 37.3 Å². The molecule has 0 spiro atoms. The number of nitrogens with one attached hydrogen (secondary N) is 1. The van der Waals surface area contributed by atoms with Crippen LogP contribution in [0.5, 0.6) is 0 Å². The molecule has 0 aliphatic heterocycles. The highest BCUT2D eigenvalue weighted by Gasteiger charge is 2.37. The largest absolute Gasteiger partial charge is 0.469 e. The van der Waals surface area contributed by atoms with E-state index in [0.29, 0.717) is 11.6 Å². The minimum Gasteiger partial charge on any atom is -0.469 e. The third-order valence-corrected chi connectivity index (χ3v) is 5.75. The summed E-state index contributed by atoms with van der Waals surface area (Å²) < 4.78 is 5.62. The van der Waals surface area contributed by atoms with Gasteiger partial charge in [0.05, 0.1) is 6.26 Å². The molecular formula is C18H30N2O. The lowest BCUT2D eigenvalue weighted by molar-refractivity contribution is 0.0714. The Kier molecular flexibility index (Phi) is 4.41. The van der Waals surface area contributed by atoms with Crippen LogP contribution < -0.4 is 5.32 Å². The Labute approximate surface area is 129 Å². The van der Waals surface area contributed by atoms with Gasteiger partial charge in [0, 0.05) is 30.1 Å². The van der Waals surface area contributed by atoms with Gasteiger partial charge in [0.1, 0.15) is 5.76 Å². The van der Waals surface area contributed by atoms with Crippen LogP contribution in [0.15, 0.2) is 16.7 Å². The van der Waals surface area contributed by atoms with Crippen molar-refractivity contribution in [2.24, 2.45) is 5.92 Å². The molecule has 3 unspecified atom stereocenters. The summed E-state index contributed by atoms with van der Waals surface area (Å²) in [6.07, 6.45) is 10.8. The zero-order valence-corrected chi connectivity index (χ0v) is 13.8. The summed E-state index contributed by atoms with van der Waals surface area (Å²) in [6, 6.07) is 2.65. The summed E-state index contributed by atoms with van der Waals surface area (Å²) in [4.78, 5) is 2.47. The number of nitrogens with zero attached hydrogens (tertiary/aromatic N) is 1. The smallest absolute Gasteiger partial charge is 0.108 e. The van der Waals surface area contributed by atoms with E-state index in [9.17, 15) is 0 Å². The Bertz CT molecular complexity index is 468. The van der Waals surface area contributed by atoms with Crippen molar-refractivity contribution >= 4 is 0 Å². The van der Waals surface area contributed by atoms with E-state index in [1.165, 1.54) is 49.8 Å². The molecule has 1 fully saturated rings. The average molecular weight is 290 g/mol. The molecule has 1 saturated carbocycles. The van der Waals surface area contributed by atoms with Gasteiger partial charge in [0.25, 0.3) is 0 Å². The lowest BCUT2D eigenvalue weighted by Gasteiger charge is -2.46. The summed E-state index contributed by atoms with van der Waals surface area (Å²) in [7, 11) is 4.51. The SMILES string of the molecule is CC1CCCC(CNC2CCCc3occc32)(N(C)C)C1. The van der Waals surface area contributed by atoms with E-state index in [4.69, 9.17) is 4.42 Å². The van der Waals surface area contributed by atoms with Gasteiger partial charge in [-0.2, -0.15) is 0 Å². The Hall–Kier alpha value is -0.800. The third-order valence-electron chi connectivity index (χ3n) is 5.75. The van der Waals surface area contributed by atoms with Gasteiger partial charge in [-0.05, 0) is 51.8 Å². The lowest BCUT2D eigenvalue weighted by Crippen LogP contribution is -2.54. The number of hydrogen-bond acceptors (Lipinski definition) is 3. The predicted octanol–water partition coefficient (Wildman–Crippen LogP) is 3.76. The normalized spacial score (nSPS) is 33.1. The van der Waals surface area contributed by atoms with Crippen LogP contribution in [0.2, 0.25) is 0 Å². The van der Waals surface area contributed by atoms with Gasteiger partial charge in [-0.15, -0.1) is 0 Å². The van der Waals surface area contributed by atoms with Crippen LogP contribution in [0.4, 0.5) is 0 Å². The molecule has 0 saturated heterocycles. The fourth-order valence-electron chi connectivity index (χ4n) is 4.37. The molecule has 0 bridgehead atoms. The number of rotatable bonds is 4. The van der Waals surface area contributed by atoms with Gasteiger partial charge in [-0.3, -0.25) is 0 Å². The van der Waals surface area contributed by atoms with Crippen LogP contribution in [0.1, 0.15) is 62.8 Å². The van der Waals surface area contributed by atoms with Crippen molar-refractivity contribution in [3.05, 3.63) is 23.7 Å². The van der Waals surface area contributed by atoms with Crippen molar-refractivity contribution in [1.82, 2.24) is 10.2 Å². The van der Waals surface area contributed by atoms with Crippen LogP contribution in [-0.2, 0) is 6.42 Å². The van der Waals surface area contributed by atoms with Gasteiger partial charge in [0.15, 0.2) is 0 Å². The van der Waals surface area contributed by atoms with Crippen molar-refractivity contribution in [3.8, 4) is 0 Å². The molecule has 21 heavy (non-hydrogen) atoms. The van der Waals surface area contributed by atoms with E-state index in [1.807, 2.05) is 6.26 Å². The molecule has 1 aromatic rings. The van der Waals surface area contributed by atoms with Crippen LogP contribution in [0.3, 0.4) is 0 Å². The maximum atomic E-state index is 5.62. The maximum Gasteiger partial charge on any atom is 0.108 e. The highest BCUT2D eigenvalue weighted by atomic mass is 16.3. The fourth-order valence-corrected chi connectivity index (χ4v) is 4.37. The van der Waals surface area contributed by atoms with Crippen molar-refractivity contribution in [2.45, 2.75) is 63.5 Å². The molecule has 1 N–H and O–H groups in total. The third kappa shape index (κ3) is 3.04. The molecule has 3 atom stereocenters. The summed E-state index contributed by atoms with van der Waals surface area (Å²) >= 11 is 0. The first-order chi connectivity index (χ1) is 10.1. The van der Waals surface area contributed by atoms with Crippen molar-refractivity contribution in [3.63, 3.8) is 0 Å². The second-order valence-corrected chi connectivity index (χ2v) is 7.45. The average Bonchev–Trinajstić information content (AvgIpc) is 2.94. The van der Waals surface area contributed by atoms with Crippen LogP contribution in [0, 0.1) is 5.92 Å². The molecule has 0 aromatic carbocycles. The van der Waals surface area contributed by atoms with Crippen LogP contribution >= 0.6 is 0 Å². The van der Waals surface area contributed by atoms with Crippen molar-refractivity contribution in [2.75, 3.05) is 20.6 Å². The zero-order valence-electron chi connectivity index (χ0n) is 13.8. The first kappa shape index (κ1) is 15.1. The minimum absolute atomic E-state index is 0.332. The van der Waals surface area contributed by atoms with Gasteiger partial charge in [-0.1, -0.05) is 19.8 Å². The van der Waals surface area contributed by atoms with Crippen LogP contribution in [0.25, 0.3) is 0 Å². The number of likely N-dealkylation sites (N-methyl/N-ethyl adjacent to an activating group) is 1. The standard InChI is InChI=1S/C18H30N2O/c1-14-6-5-10-18(12-14,20(2)3)13-19-16-7-4-8-17-15(16)9-11-21-17/h9,11,14,16,19H,4-8,10,12-13H2,1-3H3. The highest BCUT2D eigenvalue weighted by Crippen LogP contribution is 2.37. The van der Waals surface area contributed by atoms with Gasteiger partial charge < -0.3 is 14.6 Å². The molecule has 1 heterocycles. The van der Waals surface area contributed by atoms with Gasteiger partial charge in [-0.25, -0.2) is 0 Å². The second kappa shape index (κ2) is 6.13. The maximum absolute atomic E-state index is 5.62. The summed E-state index contributed by atoms with van der Waals surface area (Å²) in [5, 5.41) is 3.87. The van der Waals surface area contributed by atoms with Crippen molar-refractivity contribution < 1.29 is 4.42 Å². The molecule has 3 nitrogen and oxygen atoms in total. The van der Waals surface area contributed by atoms with E-state index >= 15 is 0 Å². The molecule has 0 radical (unpaired) electrons. The Morgan fingerprint density at radius 2 is 2.19 bits per heavy atom. The Morgan fingerprint density at radius 1 is 1.33 bits per heavy atom. The fraction of sp³-hybridized carbons (Fsp3) is 0.778. The van der Waals surface area contributed by atoms with Gasteiger partial charge >= 0.3 is 0 Å². The molecule has 1 aromatic heterocycles. The number of hydrogen-bond donors (Lipinski definition) is 1. The number of fused-ring (bicyclic) bond motifs is 1. The predicted molar refractivity (Wildman–Crippen MR) is 86.4 cm³/mol. The topological polar surface area (TPSA) is 28.4 Å². The second-order valence-electron chi connectivity index (χ2n) is 7.45. The van der Waals surface area contributed by atoms with Crippen molar-refractivity contribution in [1.29, 1.82) is 0 Å². The number of aryl methyl sites for hydroxylation is 1. The first-order valence-corrected chi connectivity index (χ1v) is 8.58. The lowest BCUT2D eigenvalue weighted by atomic mass is 9.75. The molecule has 3 rings (SSSR count). The molecule has 3 heteroatoms. The summed E-state index contributed by atoms with van der Waals surface area (Å²) in [5.41, 5.74) is 1.73. The minimum atomic E-state index is 0.332. The van der Waals surface area contributed by atoms with Crippen LogP contribution in [-0.4, -0.2) is 31.1 Å². The first-order valence-electron chi connectivity index (χ1n) is 8.58. The Morgan fingerprint density at radius 3 is 2.95 bits per heavy atom. The summed E-state index contributed by atoms with van der Waals surface area (Å²) in [6.45, 7) is 3.51. The number of furan rings is 1. The zero-order chi connectivity index (χ0) is 14.9. The van der Waals surface area contributed by atoms with E-state index in [1.54, 1.807) is 0 Å². The Balaban J connectivity index is 1.68. The molecular weight excluding hydrogens is 260 g/mol. The van der Waals surface area contributed by atoms with E-state index in [-0.39, 0.29) is 0 Å². The monoisotopic (exact) mass is 290 g/mol. The van der Waals surface area contributed by atoms with E-state index in [0.717, 1.165) is 18.9 Å². The quantitative estimate of drug-likeness (QED) is 0.915.